The maximum absolute atomic E-state index is 13.6. The van der Waals surface area contributed by atoms with Crippen LogP contribution >= 0.6 is 0 Å². The molecule has 0 aliphatic heterocycles. The molecule has 7 nitrogen and oxygen atoms in total. The van der Waals surface area contributed by atoms with Gasteiger partial charge in [0.1, 0.15) is 10.7 Å². The minimum absolute atomic E-state index is 0.103. The Kier molecular flexibility index (Phi) is 5.64. The van der Waals surface area contributed by atoms with E-state index in [1.165, 1.54) is 18.2 Å². The Morgan fingerprint density at radius 1 is 1.03 bits per heavy atom. The van der Waals surface area contributed by atoms with Gasteiger partial charge in [-0.1, -0.05) is 30.3 Å². The summed E-state index contributed by atoms with van der Waals surface area (Å²) in [5.41, 5.74) is 4.74. The Bertz CT molecular complexity index is 1550. The Morgan fingerprint density at radius 3 is 2.40 bits per heavy atom. The van der Waals surface area contributed by atoms with E-state index in [9.17, 15) is 17.6 Å². The van der Waals surface area contributed by atoms with Gasteiger partial charge >= 0.3 is 6.16 Å². The van der Waals surface area contributed by atoms with Gasteiger partial charge in [0.25, 0.3) is 0 Å². The first-order chi connectivity index (χ1) is 16.8. The molecule has 0 saturated carbocycles. The monoisotopic (exact) mass is 492 g/mol. The quantitative estimate of drug-likeness (QED) is 0.295. The second-order valence-electron chi connectivity index (χ2n) is 8.21. The van der Waals surface area contributed by atoms with Crippen molar-refractivity contribution in [1.82, 2.24) is 9.78 Å². The summed E-state index contributed by atoms with van der Waals surface area (Å²) in [4.78, 5) is 12.0. The molecule has 0 saturated heterocycles. The minimum atomic E-state index is -3.84. The number of rotatable bonds is 4. The van der Waals surface area contributed by atoms with Crippen molar-refractivity contribution in [3.8, 4) is 33.7 Å². The van der Waals surface area contributed by atoms with Crippen molar-refractivity contribution in [1.29, 1.82) is 0 Å². The molecular formula is C26H21FN2O5S. The highest BCUT2D eigenvalue weighted by Crippen LogP contribution is 2.48. The molecule has 0 unspecified atom stereocenters. The third-order valence-electron chi connectivity index (χ3n) is 5.95. The number of carbonyl (C=O) groups is 1. The van der Waals surface area contributed by atoms with E-state index in [-0.39, 0.29) is 10.6 Å². The average molecular weight is 493 g/mol. The fourth-order valence-corrected chi connectivity index (χ4v) is 5.18. The van der Waals surface area contributed by atoms with E-state index in [1.807, 2.05) is 30.3 Å². The lowest BCUT2D eigenvalue weighted by atomic mass is 9.84. The van der Waals surface area contributed by atoms with E-state index in [0.29, 0.717) is 35.1 Å². The van der Waals surface area contributed by atoms with Gasteiger partial charge in [0.05, 0.1) is 18.5 Å². The molecule has 1 aromatic heterocycles. The first-order valence-corrected chi connectivity index (χ1v) is 12.7. The van der Waals surface area contributed by atoms with E-state index in [0.717, 1.165) is 30.3 Å². The number of fused-ring (bicyclic) bond motifs is 3. The molecule has 0 amide bonds. The smallest absolute Gasteiger partial charge is 0.437 e. The number of hydrogen-bond donors (Lipinski definition) is 0. The molecule has 5 rings (SSSR count). The minimum Gasteiger partial charge on any atom is -0.437 e. The van der Waals surface area contributed by atoms with Gasteiger partial charge in [-0.3, -0.25) is 0 Å². The number of carbonyl (C=O) groups excluding carboxylic acids is 1. The molecule has 0 N–H and O–H groups in total. The van der Waals surface area contributed by atoms with E-state index in [4.69, 9.17) is 9.84 Å². The summed E-state index contributed by atoms with van der Waals surface area (Å²) >= 11 is 0. The molecule has 0 fully saturated rings. The van der Waals surface area contributed by atoms with E-state index < -0.39 is 21.8 Å². The maximum Gasteiger partial charge on any atom is 0.513 e. The zero-order valence-corrected chi connectivity index (χ0v) is 19.8. The van der Waals surface area contributed by atoms with Crippen LogP contribution in [0.1, 0.15) is 11.3 Å². The number of para-hydroxylation sites is 1. The van der Waals surface area contributed by atoms with Crippen LogP contribution in [-0.4, -0.2) is 37.7 Å². The second-order valence-corrected chi connectivity index (χ2v) is 10.2. The van der Waals surface area contributed by atoms with Gasteiger partial charge in [0, 0.05) is 23.6 Å². The summed E-state index contributed by atoms with van der Waals surface area (Å²) in [5, 5.41) is 4.71. The predicted molar refractivity (Wildman–Crippen MR) is 128 cm³/mol. The highest BCUT2D eigenvalue weighted by Gasteiger charge is 2.32. The van der Waals surface area contributed by atoms with Crippen LogP contribution in [0.2, 0.25) is 0 Å². The highest BCUT2D eigenvalue weighted by molar-refractivity contribution is 7.90. The fraction of sp³-hybridized carbons (Fsp3) is 0.154. The van der Waals surface area contributed by atoms with Gasteiger partial charge in [-0.25, -0.2) is 22.3 Å². The van der Waals surface area contributed by atoms with Crippen LogP contribution in [0, 0.1) is 5.82 Å². The molecule has 0 spiro atoms. The summed E-state index contributed by atoms with van der Waals surface area (Å²) in [6, 6.07) is 16.8. The standard InChI is InChI=1S/C26H21FN2O5S/c1-33-26(30)34-25-23(35(2,31)32)14-20(16-8-10-17(27)11-9-16)19-12-13-22-21(24(19)25)15-29(28-22)18-6-4-3-5-7-18/h3-11,14-15H,12-13H2,1-2H3. The molecule has 178 valence electrons. The number of methoxy groups -OCH3 is 1. The molecule has 1 heterocycles. The Balaban J connectivity index is 1.84. The number of aromatic nitrogens is 2. The Labute approximate surface area is 201 Å². The maximum atomic E-state index is 13.6. The molecule has 35 heavy (non-hydrogen) atoms. The van der Waals surface area contributed by atoms with E-state index in [1.54, 1.807) is 23.0 Å². The van der Waals surface area contributed by atoms with Crippen molar-refractivity contribution in [2.45, 2.75) is 17.7 Å². The lowest BCUT2D eigenvalue weighted by Gasteiger charge is -2.24. The summed E-state index contributed by atoms with van der Waals surface area (Å²) < 4.78 is 51.2. The molecule has 1 aliphatic rings. The average Bonchev–Trinajstić information content (AvgIpc) is 3.29. The zero-order valence-electron chi connectivity index (χ0n) is 19.0. The number of halogens is 1. The summed E-state index contributed by atoms with van der Waals surface area (Å²) in [6.07, 6.45) is 2.92. The van der Waals surface area contributed by atoms with Gasteiger partial charge in [-0.2, -0.15) is 5.10 Å². The van der Waals surface area contributed by atoms with Crippen LogP contribution < -0.4 is 4.74 Å². The number of nitrogens with zero attached hydrogens (tertiary/aromatic N) is 2. The summed E-state index contributed by atoms with van der Waals surface area (Å²) in [5.74, 6) is -0.503. The molecule has 0 bridgehead atoms. The first kappa shape index (κ1) is 22.8. The molecule has 0 radical (unpaired) electrons. The molecule has 1 aliphatic carbocycles. The fourth-order valence-electron chi connectivity index (χ4n) is 4.37. The first-order valence-electron chi connectivity index (χ1n) is 10.8. The van der Waals surface area contributed by atoms with Gasteiger partial charge in [-0.05, 0) is 59.9 Å². The number of sulfone groups is 1. The molecular weight excluding hydrogens is 471 g/mol. The SMILES string of the molecule is COC(=O)Oc1c(S(C)(=O)=O)cc(-c2ccc(F)cc2)c2c1-c1cn(-c3ccccc3)nc1CC2. The van der Waals surface area contributed by atoms with E-state index in [2.05, 4.69) is 4.74 Å². The summed E-state index contributed by atoms with van der Waals surface area (Å²) in [7, 11) is -2.69. The van der Waals surface area contributed by atoms with Crippen LogP contribution in [0.5, 0.6) is 5.75 Å². The largest absolute Gasteiger partial charge is 0.513 e. The summed E-state index contributed by atoms with van der Waals surface area (Å²) in [6.45, 7) is 0. The number of aryl methyl sites for hydroxylation is 1. The van der Waals surface area contributed by atoms with Crippen LogP contribution in [0.15, 0.2) is 71.8 Å². The van der Waals surface area contributed by atoms with Gasteiger partial charge in [0.2, 0.25) is 0 Å². The second kappa shape index (κ2) is 8.66. The van der Waals surface area contributed by atoms with Crippen molar-refractivity contribution in [2.75, 3.05) is 13.4 Å². The Morgan fingerprint density at radius 2 is 1.74 bits per heavy atom. The Hall–Kier alpha value is -3.98. The van der Waals surface area contributed by atoms with Crippen LogP contribution in [0.4, 0.5) is 9.18 Å². The third kappa shape index (κ3) is 4.19. The molecule has 4 aromatic rings. The number of hydrogen-bond acceptors (Lipinski definition) is 6. The van der Waals surface area contributed by atoms with E-state index >= 15 is 0 Å². The normalized spacial score (nSPS) is 12.5. The third-order valence-corrected chi connectivity index (χ3v) is 7.05. The lowest BCUT2D eigenvalue weighted by molar-refractivity contribution is 0.120. The highest BCUT2D eigenvalue weighted by atomic mass is 32.2. The van der Waals surface area contributed by atoms with Gasteiger partial charge in [-0.15, -0.1) is 0 Å². The van der Waals surface area contributed by atoms with Crippen LogP contribution in [-0.2, 0) is 27.4 Å². The van der Waals surface area contributed by atoms with Crippen LogP contribution in [0.25, 0.3) is 27.9 Å². The van der Waals surface area contributed by atoms with Gasteiger partial charge < -0.3 is 9.47 Å². The molecule has 3 aromatic carbocycles. The van der Waals surface area contributed by atoms with Crippen molar-refractivity contribution >= 4 is 16.0 Å². The van der Waals surface area contributed by atoms with Crippen LogP contribution in [0.3, 0.4) is 0 Å². The van der Waals surface area contributed by atoms with Crippen molar-refractivity contribution < 1.29 is 27.1 Å². The lowest BCUT2D eigenvalue weighted by Crippen LogP contribution is -2.15. The predicted octanol–water partition coefficient (Wildman–Crippen LogP) is 4.99. The van der Waals surface area contributed by atoms with Crippen molar-refractivity contribution in [2.24, 2.45) is 0 Å². The number of ether oxygens (including phenoxy) is 2. The van der Waals surface area contributed by atoms with Gasteiger partial charge in [0.15, 0.2) is 15.6 Å². The zero-order chi connectivity index (χ0) is 24.7. The molecule has 9 heteroatoms. The van der Waals surface area contributed by atoms with Crippen molar-refractivity contribution in [3.63, 3.8) is 0 Å². The topological polar surface area (TPSA) is 87.5 Å². The number of benzene rings is 3. The van der Waals surface area contributed by atoms with Crippen molar-refractivity contribution in [3.05, 3.63) is 83.9 Å². The molecule has 0 atom stereocenters.